The van der Waals surface area contributed by atoms with E-state index in [4.69, 9.17) is 0 Å². The molecule has 1 saturated heterocycles. The fraction of sp³-hybridized carbons (Fsp3) is 0.900. The summed E-state index contributed by atoms with van der Waals surface area (Å²) in [4.78, 5) is 13.7. The van der Waals surface area contributed by atoms with Crippen LogP contribution >= 0.6 is 11.8 Å². The molecule has 1 rings (SSSR count). The Labute approximate surface area is 90.6 Å². The lowest BCUT2D eigenvalue weighted by atomic mass is 10.2. The smallest absolute Gasteiger partial charge is 0.222 e. The maximum Gasteiger partial charge on any atom is 0.222 e. The van der Waals surface area contributed by atoms with Gasteiger partial charge >= 0.3 is 0 Å². The molecule has 82 valence electrons. The van der Waals surface area contributed by atoms with E-state index in [0.29, 0.717) is 18.4 Å². The minimum absolute atomic E-state index is 0.326. The molecule has 0 radical (unpaired) electrons. The van der Waals surface area contributed by atoms with Crippen LogP contribution in [0.25, 0.3) is 0 Å². The van der Waals surface area contributed by atoms with E-state index in [1.165, 1.54) is 0 Å². The van der Waals surface area contributed by atoms with Crippen LogP contribution in [-0.4, -0.2) is 48.5 Å². The molecule has 1 N–H and O–H groups in total. The van der Waals surface area contributed by atoms with Gasteiger partial charge < -0.3 is 10.2 Å². The molecule has 3 nitrogen and oxygen atoms in total. The molecular formula is C10H20N2OS. The second-order valence-electron chi connectivity index (χ2n) is 3.79. The van der Waals surface area contributed by atoms with E-state index in [9.17, 15) is 4.79 Å². The molecule has 0 spiro atoms. The lowest BCUT2D eigenvalue weighted by Crippen LogP contribution is -2.51. The molecule has 1 amide bonds. The van der Waals surface area contributed by atoms with Gasteiger partial charge in [0.1, 0.15) is 0 Å². The van der Waals surface area contributed by atoms with Crippen LogP contribution in [0.3, 0.4) is 0 Å². The predicted octanol–water partition coefficient (Wildman–Crippen LogP) is 0.950. The Balaban J connectivity index is 2.22. The van der Waals surface area contributed by atoms with Crippen molar-refractivity contribution in [3.8, 4) is 0 Å². The minimum Gasteiger partial charge on any atom is -0.340 e. The standard InChI is InChI=1S/C10H20N2OS/c1-9-8-12(6-5-11-9)10(13)4-3-7-14-2/h9,11H,3-8H2,1-2H3. The third kappa shape index (κ3) is 3.88. The summed E-state index contributed by atoms with van der Waals surface area (Å²) in [5.41, 5.74) is 0. The van der Waals surface area contributed by atoms with Gasteiger partial charge in [-0.2, -0.15) is 11.8 Å². The number of carbonyl (C=O) groups excluding carboxylic acids is 1. The molecule has 1 aliphatic heterocycles. The van der Waals surface area contributed by atoms with Crippen LogP contribution in [0, 0.1) is 0 Å². The van der Waals surface area contributed by atoms with E-state index >= 15 is 0 Å². The quantitative estimate of drug-likeness (QED) is 0.710. The predicted molar refractivity (Wildman–Crippen MR) is 61.7 cm³/mol. The maximum atomic E-state index is 11.7. The van der Waals surface area contributed by atoms with Crippen LogP contribution in [0.15, 0.2) is 0 Å². The monoisotopic (exact) mass is 216 g/mol. The summed E-state index contributed by atoms with van der Waals surface area (Å²) in [5, 5.41) is 3.34. The SMILES string of the molecule is CSCCCC(=O)N1CCNC(C)C1. The van der Waals surface area contributed by atoms with Crippen molar-refractivity contribution in [2.24, 2.45) is 0 Å². The Morgan fingerprint density at radius 3 is 3.07 bits per heavy atom. The third-order valence-corrected chi connectivity index (χ3v) is 3.16. The second kappa shape index (κ2) is 6.30. The Morgan fingerprint density at radius 2 is 2.43 bits per heavy atom. The van der Waals surface area contributed by atoms with Gasteiger partial charge in [-0.05, 0) is 25.4 Å². The van der Waals surface area contributed by atoms with Crippen molar-refractivity contribution in [3.05, 3.63) is 0 Å². The molecule has 0 saturated carbocycles. The number of carbonyl (C=O) groups is 1. The number of thioether (sulfide) groups is 1. The van der Waals surface area contributed by atoms with Gasteiger partial charge in [0.2, 0.25) is 5.91 Å². The van der Waals surface area contributed by atoms with Crippen LogP contribution in [-0.2, 0) is 4.79 Å². The van der Waals surface area contributed by atoms with Crippen LogP contribution < -0.4 is 5.32 Å². The summed E-state index contributed by atoms with van der Waals surface area (Å²) in [7, 11) is 0. The lowest BCUT2D eigenvalue weighted by molar-refractivity contribution is -0.132. The average molecular weight is 216 g/mol. The highest BCUT2D eigenvalue weighted by Gasteiger charge is 2.19. The highest BCUT2D eigenvalue weighted by atomic mass is 32.2. The van der Waals surface area contributed by atoms with Crippen molar-refractivity contribution in [1.29, 1.82) is 0 Å². The Morgan fingerprint density at radius 1 is 1.64 bits per heavy atom. The zero-order valence-corrected chi connectivity index (χ0v) is 9.90. The molecule has 1 unspecified atom stereocenters. The first-order chi connectivity index (χ1) is 6.74. The van der Waals surface area contributed by atoms with Gasteiger partial charge in [-0.1, -0.05) is 0 Å². The number of nitrogens with one attached hydrogen (secondary N) is 1. The molecular weight excluding hydrogens is 196 g/mol. The van der Waals surface area contributed by atoms with Gasteiger partial charge in [-0.3, -0.25) is 4.79 Å². The molecule has 1 atom stereocenters. The zero-order chi connectivity index (χ0) is 10.4. The van der Waals surface area contributed by atoms with Crippen molar-refractivity contribution in [1.82, 2.24) is 10.2 Å². The first kappa shape index (κ1) is 11.9. The number of hydrogen-bond acceptors (Lipinski definition) is 3. The summed E-state index contributed by atoms with van der Waals surface area (Å²) in [6.45, 7) is 4.82. The molecule has 0 aromatic heterocycles. The fourth-order valence-electron chi connectivity index (χ4n) is 1.68. The summed E-state index contributed by atoms with van der Waals surface area (Å²) >= 11 is 1.81. The van der Waals surface area contributed by atoms with Gasteiger partial charge in [-0.15, -0.1) is 0 Å². The molecule has 1 heterocycles. The lowest BCUT2D eigenvalue weighted by Gasteiger charge is -2.32. The van der Waals surface area contributed by atoms with Crippen molar-refractivity contribution in [3.63, 3.8) is 0 Å². The first-order valence-corrected chi connectivity index (χ1v) is 6.63. The number of rotatable bonds is 4. The third-order valence-electron chi connectivity index (χ3n) is 2.46. The van der Waals surface area contributed by atoms with Gasteiger partial charge in [0, 0.05) is 32.1 Å². The largest absolute Gasteiger partial charge is 0.340 e. The van der Waals surface area contributed by atoms with Crippen molar-refractivity contribution in [2.45, 2.75) is 25.8 Å². The van der Waals surface area contributed by atoms with Gasteiger partial charge in [0.05, 0.1) is 0 Å². The summed E-state index contributed by atoms with van der Waals surface area (Å²) in [6, 6.07) is 0.452. The Hall–Kier alpha value is -0.220. The second-order valence-corrected chi connectivity index (χ2v) is 4.78. The topological polar surface area (TPSA) is 32.3 Å². The van der Waals surface area contributed by atoms with E-state index in [-0.39, 0.29) is 0 Å². The molecule has 14 heavy (non-hydrogen) atoms. The zero-order valence-electron chi connectivity index (χ0n) is 9.08. The van der Waals surface area contributed by atoms with Crippen molar-refractivity contribution < 1.29 is 4.79 Å². The van der Waals surface area contributed by atoms with E-state index in [1.807, 2.05) is 16.7 Å². The van der Waals surface area contributed by atoms with Crippen LogP contribution in [0.4, 0.5) is 0 Å². The van der Waals surface area contributed by atoms with Crippen molar-refractivity contribution >= 4 is 17.7 Å². The minimum atomic E-state index is 0.326. The Kier molecular flexibility index (Phi) is 5.33. The van der Waals surface area contributed by atoms with Crippen LogP contribution in [0.5, 0.6) is 0 Å². The van der Waals surface area contributed by atoms with Gasteiger partial charge in [0.15, 0.2) is 0 Å². The summed E-state index contributed by atoms with van der Waals surface area (Å²) in [5.74, 6) is 1.42. The molecule has 4 heteroatoms. The number of hydrogen-bond donors (Lipinski definition) is 1. The van der Waals surface area contributed by atoms with E-state index in [2.05, 4.69) is 18.5 Å². The molecule has 0 aromatic carbocycles. The number of amides is 1. The summed E-state index contributed by atoms with van der Waals surface area (Å²) < 4.78 is 0. The van der Waals surface area contributed by atoms with Gasteiger partial charge in [0.25, 0.3) is 0 Å². The normalized spacial score (nSPS) is 22.4. The van der Waals surface area contributed by atoms with E-state index < -0.39 is 0 Å². The fourth-order valence-corrected chi connectivity index (χ4v) is 2.12. The molecule has 0 aliphatic carbocycles. The highest BCUT2D eigenvalue weighted by molar-refractivity contribution is 7.98. The van der Waals surface area contributed by atoms with Crippen LogP contribution in [0.2, 0.25) is 0 Å². The molecule has 0 bridgehead atoms. The van der Waals surface area contributed by atoms with Crippen molar-refractivity contribution in [2.75, 3.05) is 31.6 Å². The molecule has 1 fully saturated rings. The highest BCUT2D eigenvalue weighted by Crippen LogP contribution is 2.05. The Bertz CT molecular complexity index is 187. The van der Waals surface area contributed by atoms with Crippen LogP contribution in [0.1, 0.15) is 19.8 Å². The van der Waals surface area contributed by atoms with E-state index in [1.54, 1.807) is 0 Å². The van der Waals surface area contributed by atoms with E-state index in [0.717, 1.165) is 31.8 Å². The maximum absolute atomic E-state index is 11.7. The summed E-state index contributed by atoms with van der Waals surface area (Å²) in [6.07, 6.45) is 3.81. The van der Waals surface area contributed by atoms with Gasteiger partial charge in [-0.25, -0.2) is 0 Å². The molecule has 0 aromatic rings. The average Bonchev–Trinajstić information content (AvgIpc) is 2.18. The number of piperazine rings is 1. The molecule has 1 aliphatic rings. The first-order valence-electron chi connectivity index (χ1n) is 5.24. The number of nitrogens with zero attached hydrogens (tertiary/aromatic N) is 1.